The number of ketones is 1. The molecule has 0 spiro atoms. The van der Waals surface area contributed by atoms with Crippen molar-refractivity contribution in [3.05, 3.63) is 71.2 Å². The minimum atomic E-state index is -1.57. The van der Waals surface area contributed by atoms with Crippen LogP contribution in [-0.2, 0) is 39.4 Å². The van der Waals surface area contributed by atoms with E-state index in [1.165, 1.54) is 14.2 Å². The zero-order chi connectivity index (χ0) is 23.6. The summed E-state index contributed by atoms with van der Waals surface area (Å²) < 4.78 is 27.0. The van der Waals surface area contributed by atoms with E-state index >= 15 is 0 Å². The first-order chi connectivity index (χ1) is 15.4. The van der Waals surface area contributed by atoms with Gasteiger partial charge in [-0.2, -0.15) is 0 Å². The summed E-state index contributed by atoms with van der Waals surface area (Å²) in [6.07, 6.45) is 5.32. The molecule has 1 aliphatic rings. The molecule has 0 heterocycles. The summed E-state index contributed by atoms with van der Waals surface area (Å²) in [4.78, 5) is 26.4. The maximum Gasteiger partial charge on any atom is 0.357 e. The fraction of sp³-hybridized carbons (Fsp3) is 0.400. The molecule has 0 radical (unpaired) electrons. The van der Waals surface area contributed by atoms with Crippen LogP contribution < -0.4 is 0 Å². The molecule has 0 aliphatic heterocycles. The van der Waals surface area contributed by atoms with Gasteiger partial charge in [-0.15, -0.1) is 0 Å². The Morgan fingerprint density at radius 1 is 0.969 bits per heavy atom. The highest BCUT2D eigenvalue weighted by atomic mass is 16.6. The number of carbonyl (C=O) groups is 2. The van der Waals surface area contributed by atoms with Crippen LogP contribution in [0.3, 0.4) is 0 Å². The lowest BCUT2D eigenvalue weighted by Gasteiger charge is -2.28. The molecular weight excluding hydrogens is 412 g/mol. The highest BCUT2D eigenvalue weighted by molar-refractivity contribution is 6.09. The van der Waals surface area contributed by atoms with E-state index in [0.29, 0.717) is 22.9 Å². The Morgan fingerprint density at radius 3 is 2.09 bits per heavy atom. The lowest BCUT2D eigenvalue weighted by Crippen LogP contribution is -2.44. The van der Waals surface area contributed by atoms with Crippen LogP contribution in [-0.4, -0.2) is 52.3 Å². The van der Waals surface area contributed by atoms with Crippen molar-refractivity contribution < 1.29 is 33.0 Å². The molecule has 1 aromatic rings. The molecular formula is C25H31O7+. The van der Waals surface area contributed by atoms with Crippen molar-refractivity contribution in [2.75, 3.05) is 34.5 Å². The second-order valence-corrected chi connectivity index (χ2v) is 7.04. The molecule has 0 unspecified atom stereocenters. The molecule has 32 heavy (non-hydrogen) atoms. The lowest BCUT2D eigenvalue weighted by atomic mass is 9.77. The van der Waals surface area contributed by atoms with Gasteiger partial charge in [-0.1, -0.05) is 36.4 Å². The van der Waals surface area contributed by atoms with Gasteiger partial charge in [0.15, 0.2) is 5.41 Å². The zero-order valence-corrected chi connectivity index (χ0v) is 19.3. The van der Waals surface area contributed by atoms with Gasteiger partial charge in [-0.3, -0.25) is 14.0 Å². The van der Waals surface area contributed by atoms with Crippen LogP contribution in [0.1, 0.15) is 25.8 Å². The Bertz CT molecular complexity index is 905. The smallest absolute Gasteiger partial charge is 0.357 e. The average Bonchev–Trinajstić information content (AvgIpc) is 2.82. The molecule has 0 aromatic heterocycles. The molecule has 0 atom stereocenters. The second kappa shape index (κ2) is 11.9. The summed E-state index contributed by atoms with van der Waals surface area (Å²) in [6.45, 7) is 3.69. The predicted molar refractivity (Wildman–Crippen MR) is 120 cm³/mol. The number of benzene rings is 1. The Morgan fingerprint density at radius 2 is 1.59 bits per heavy atom. The summed E-state index contributed by atoms with van der Waals surface area (Å²) in [5.41, 5.74) is -0.152. The average molecular weight is 444 g/mol. The normalized spacial score (nSPS) is 16.3. The van der Waals surface area contributed by atoms with Crippen LogP contribution in [0.25, 0.3) is 0 Å². The molecule has 0 fully saturated rings. The molecule has 0 bridgehead atoms. The standard InChI is InChI=1S/C25H31O7/c1-6-31-23(26)25(24(27)32-7-2,17-18-11-9-8-10-12-18)14-13-20-21(29-4)15-19(28-3)16-22(20)30-5/h8-13,15-16H,6-7,14,17H2,1-5H3/q+1. The number of hydrogen-bond acceptors (Lipinski definition) is 6. The lowest BCUT2D eigenvalue weighted by molar-refractivity contribution is -0.418. The molecule has 1 aliphatic carbocycles. The zero-order valence-electron chi connectivity index (χ0n) is 19.3. The summed E-state index contributed by atoms with van der Waals surface area (Å²) in [5, 5.41) is 0. The Balaban J connectivity index is 2.57. The summed E-state index contributed by atoms with van der Waals surface area (Å²) in [7, 11) is 4.60. The first kappa shape index (κ1) is 24.9. The van der Waals surface area contributed by atoms with E-state index in [-0.39, 0.29) is 26.1 Å². The third-order valence-corrected chi connectivity index (χ3v) is 5.09. The molecule has 1 aromatic carbocycles. The molecule has 7 heteroatoms. The topological polar surface area (TPSA) is 82.4 Å². The second-order valence-electron chi connectivity index (χ2n) is 7.04. The van der Waals surface area contributed by atoms with E-state index in [9.17, 15) is 9.59 Å². The van der Waals surface area contributed by atoms with Crippen LogP contribution in [0.15, 0.2) is 65.7 Å². The molecule has 7 nitrogen and oxygen atoms in total. The number of hydrogen-bond donors (Lipinski definition) is 0. The van der Waals surface area contributed by atoms with E-state index in [4.69, 9.17) is 23.4 Å². The molecule has 0 saturated carbocycles. The van der Waals surface area contributed by atoms with Crippen molar-refractivity contribution in [1.82, 2.24) is 0 Å². The van der Waals surface area contributed by atoms with E-state index in [1.807, 2.05) is 30.3 Å². The number of carbonyl (C=O) groups excluding carboxylic acids is 3. The third kappa shape index (κ3) is 5.66. The van der Waals surface area contributed by atoms with Crippen molar-refractivity contribution in [2.45, 2.75) is 26.7 Å². The largest absolute Gasteiger partial charge is 0.496 e. The van der Waals surface area contributed by atoms with Crippen LogP contribution in [0.2, 0.25) is 0 Å². The van der Waals surface area contributed by atoms with Gasteiger partial charge in [0, 0.05) is 6.08 Å². The quantitative estimate of drug-likeness (QED) is 0.238. The Kier molecular flexibility index (Phi) is 9.25. The van der Waals surface area contributed by atoms with Crippen molar-refractivity contribution in [3.63, 3.8) is 0 Å². The third-order valence-electron chi connectivity index (χ3n) is 5.09. The minimum Gasteiger partial charge on any atom is -0.496 e. The summed E-state index contributed by atoms with van der Waals surface area (Å²) in [6, 6.07) is 9.31. The van der Waals surface area contributed by atoms with E-state index < -0.39 is 17.4 Å². The fourth-order valence-corrected chi connectivity index (χ4v) is 3.46. The fourth-order valence-electron chi connectivity index (χ4n) is 3.46. The van der Waals surface area contributed by atoms with Gasteiger partial charge in [0.25, 0.3) is 7.11 Å². The number of ether oxygens (including phenoxy) is 4. The van der Waals surface area contributed by atoms with Gasteiger partial charge >= 0.3 is 17.7 Å². The van der Waals surface area contributed by atoms with Crippen LogP contribution in [0.4, 0.5) is 0 Å². The van der Waals surface area contributed by atoms with Gasteiger partial charge in [0.1, 0.15) is 17.1 Å². The van der Waals surface area contributed by atoms with Gasteiger partial charge in [0.05, 0.1) is 33.5 Å². The minimum absolute atomic E-state index is 0.0264. The van der Waals surface area contributed by atoms with Crippen LogP contribution in [0.5, 0.6) is 0 Å². The molecule has 0 amide bonds. The van der Waals surface area contributed by atoms with Crippen molar-refractivity contribution >= 4 is 17.7 Å². The summed E-state index contributed by atoms with van der Waals surface area (Å²) in [5.74, 6) is 0.266. The van der Waals surface area contributed by atoms with E-state index in [1.54, 1.807) is 39.2 Å². The van der Waals surface area contributed by atoms with Crippen molar-refractivity contribution in [2.24, 2.45) is 5.41 Å². The number of esters is 2. The number of allylic oxidation sites excluding steroid dienone is 4. The molecule has 0 saturated heterocycles. The summed E-state index contributed by atoms with van der Waals surface area (Å²) >= 11 is 0. The van der Waals surface area contributed by atoms with Gasteiger partial charge in [-0.25, -0.2) is 0 Å². The molecule has 2 rings (SSSR count). The maximum absolute atomic E-state index is 13.2. The maximum atomic E-state index is 13.2. The molecule has 0 N–H and O–H groups in total. The monoisotopic (exact) mass is 443 g/mol. The SMILES string of the molecule is CCOC(=O)C(CC=C1C(OC)=CC(OC)=CC1=[O+]C)(Cc1ccccc1)C(=O)OCC. The first-order valence-electron chi connectivity index (χ1n) is 10.5. The predicted octanol–water partition coefficient (Wildman–Crippen LogP) is 3.47. The first-order valence-corrected chi connectivity index (χ1v) is 10.5. The highest BCUT2D eigenvalue weighted by Crippen LogP contribution is 2.34. The van der Waals surface area contributed by atoms with Gasteiger partial charge < -0.3 is 18.9 Å². The molecule has 172 valence electrons. The van der Waals surface area contributed by atoms with Gasteiger partial charge in [0.2, 0.25) is 0 Å². The Hall–Kier alpha value is -3.35. The van der Waals surface area contributed by atoms with E-state index in [0.717, 1.165) is 5.56 Å². The van der Waals surface area contributed by atoms with Crippen LogP contribution in [0, 0.1) is 5.41 Å². The van der Waals surface area contributed by atoms with Gasteiger partial charge in [-0.05, 0) is 32.3 Å². The van der Waals surface area contributed by atoms with Crippen molar-refractivity contribution in [1.29, 1.82) is 0 Å². The number of methoxy groups -OCH3 is 2. The highest BCUT2D eigenvalue weighted by Gasteiger charge is 2.48. The van der Waals surface area contributed by atoms with E-state index in [2.05, 4.69) is 0 Å². The Labute approximate surface area is 189 Å². The number of rotatable bonds is 10. The van der Waals surface area contributed by atoms with Crippen LogP contribution >= 0.6 is 0 Å². The van der Waals surface area contributed by atoms with Crippen molar-refractivity contribution in [3.8, 4) is 0 Å².